The average molecular weight is 211 g/mol. The average Bonchev–Trinajstić information content (AvgIpc) is 2.58. The zero-order chi connectivity index (χ0) is 9.10. The summed E-state index contributed by atoms with van der Waals surface area (Å²) in [6, 6.07) is 7.94. The van der Waals surface area contributed by atoms with Gasteiger partial charge in [0.2, 0.25) is 0 Å². The molecule has 0 amide bonds. The van der Waals surface area contributed by atoms with Crippen LogP contribution in [-0.2, 0) is 5.88 Å². The minimum atomic E-state index is 0.800. The van der Waals surface area contributed by atoms with E-state index in [0.29, 0.717) is 0 Å². The molecule has 0 unspecified atom stereocenters. The molecule has 0 saturated heterocycles. The maximum Gasteiger partial charge on any atom is 0.113 e. The first-order chi connectivity index (χ1) is 6.42. The topological polar surface area (TPSA) is 30.7 Å². The summed E-state index contributed by atoms with van der Waals surface area (Å²) in [7, 11) is 0. The van der Waals surface area contributed by atoms with Gasteiger partial charge in [0.05, 0.1) is 11.4 Å². The summed E-state index contributed by atoms with van der Waals surface area (Å²) in [4.78, 5) is 0. The Bertz CT molecular complexity index is 399. The van der Waals surface area contributed by atoms with Crippen LogP contribution in [0.2, 0.25) is 0 Å². The first-order valence-electron chi connectivity index (χ1n) is 3.88. The molecule has 13 heavy (non-hydrogen) atoms. The van der Waals surface area contributed by atoms with Crippen molar-refractivity contribution < 1.29 is 0 Å². The Labute approximate surface area is 85.9 Å². The molecule has 0 aliphatic heterocycles. The molecule has 0 saturated carbocycles. The van der Waals surface area contributed by atoms with E-state index in [1.54, 1.807) is 11.8 Å². The first-order valence-corrected chi connectivity index (χ1v) is 5.67. The van der Waals surface area contributed by atoms with Crippen molar-refractivity contribution in [1.29, 1.82) is 0 Å². The van der Waals surface area contributed by atoms with Crippen molar-refractivity contribution in [1.82, 2.24) is 15.0 Å². The van der Waals surface area contributed by atoms with Gasteiger partial charge in [0.1, 0.15) is 5.52 Å². The fraction of sp³-hybridized carbons (Fsp3) is 0.250. The molecule has 0 aliphatic carbocycles. The smallest absolute Gasteiger partial charge is 0.113 e. The fourth-order valence-electron chi connectivity index (χ4n) is 1.14. The van der Waals surface area contributed by atoms with Crippen LogP contribution in [0.5, 0.6) is 0 Å². The van der Waals surface area contributed by atoms with E-state index in [9.17, 15) is 0 Å². The Morgan fingerprint density at radius 2 is 2.23 bits per heavy atom. The van der Waals surface area contributed by atoms with Crippen molar-refractivity contribution in [3.8, 4) is 0 Å². The van der Waals surface area contributed by atoms with Gasteiger partial charge in [0.25, 0.3) is 0 Å². The van der Waals surface area contributed by atoms with E-state index in [2.05, 4.69) is 22.9 Å². The molecule has 2 rings (SSSR count). The molecule has 0 radical (unpaired) electrons. The summed E-state index contributed by atoms with van der Waals surface area (Å²) in [5, 5.41) is 8.89. The van der Waals surface area contributed by atoms with Gasteiger partial charge in [-0.2, -0.15) is 12.6 Å². The molecule has 0 N–H and O–H groups in total. The van der Waals surface area contributed by atoms with Crippen LogP contribution in [0.4, 0.5) is 0 Å². The predicted octanol–water partition coefficient (Wildman–Crippen LogP) is 2.01. The molecule has 1 aromatic heterocycles. The van der Waals surface area contributed by atoms with Crippen LogP contribution < -0.4 is 0 Å². The highest BCUT2D eigenvalue weighted by Gasteiger charge is 2.01. The van der Waals surface area contributed by atoms with Gasteiger partial charge in [0.15, 0.2) is 0 Å². The molecule has 2 aromatic rings. The third-order valence-corrected chi connectivity index (χ3v) is 2.88. The van der Waals surface area contributed by atoms with E-state index < -0.39 is 0 Å². The number of thiol groups is 1. The van der Waals surface area contributed by atoms with Crippen molar-refractivity contribution in [2.24, 2.45) is 0 Å². The lowest BCUT2D eigenvalue weighted by Crippen LogP contribution is -1.96. The second kappa shape index (κ2) is 4.02. The molecule has 0 bridgehead atoms. The molecule has 0 fully saturated rings. The molecule has 1 aromatic carbocycles. The van der Waals surface area contributed by atoms with Gasteiger partial charge in [-0.15, -0.1) is 16.9 Å². The Balaban J connectivity index is 2.35. The zero-order valence-electron chi connectivity index (χ0n) is 6.92. The van der Waals surface area contributed by atoms with E-state index >= 15 is 0 Å². The van der Waals surface area contributed by atoms with Crippen LogP contribution in [0.3, 0.4) is 0 Å². The molecule has 3 nitrogen and oxygen atoms in total. The Kier molecular flexibility index (Phi) is 2.75. The van der Waals surface area contributed by atoms with Gasteiger partial charge in [-0.1, -0.05) is 17.3 Å². The van der Waals surface area contributed by atoms with Crippen molar-refractivity contribution in [3.05, 3.63) is 24.3 Å². The molecular formula is C8H9N3S2. The summed E-state index contributed by atoms with van der Waals surface area (Å²) >= 11 is 5.83. The van der Waals surface area contributed by atoms with Gasteiger partial charge in [0, 0.05) is 5.08 Å². The van der Waals surface area contributed by atoms with Crippen LogP contribution in [0.15, 0.2) is 24.3 Å². The monoisotopic (exact) mass is 211 g/mol. The zero-order valence-corrected chi connectivity index (χ0v) is 8.63. The second-order valence-electron chi connectivity index (χ2n) is 2.54. The summed E-state index contributed by atoms with van der Waals surface area (Å²) in [5.41, 5.74) is 2.03. The fourth-order valence-corrected chi connectivity index (χ4v) is 1.83. The van der Waals surface area contributed by atoms with E-state index in [0.717, 1.165) is 22.0 Å². The van der Waals surface area contributed by atoms with Crippen molar-refractivity contribution in [2.45, 2.75) is 5.88 Å². The highest BCUT2D eigenvalue weighted by Crippen LogP contribution is 2.13. The number of fused-ring (bicyclic) bond motifs is 1. The Hall–Kier alpha value is -0.680. The number of benzene rings is 1. The number of aromatic nitrogens is 3. The van der Waals surface area contributed by atoms with Gasteiger partial charge < -0.3 is 0 Å². The van der Waals surface area contributed by atoms with Crippen molar-refractivity contribution >= 4 is 35.4 Å². The van der Waals surface area contributed by atoms with Crippen LogP contribution in [0.25, 0.3) is 11.0 Å². The lowest BCUT2D eigenvalue weighted by molar-refractivity contribution is 0.723. The third kappa shape index (κ3) is 1.81. The van der Waals surface area contributed by atoms with E-state index in [4.69, 9.17) is 0 Å². The normalized spacial score (nSPS) is 10.8. The summed E-state index contributed by atoms with van der Waals surface area (Å²) in [6.07, 6.45) is 0. The van der Waals surface area contributed by atoms with E-state index in [1.807, 2.05) is 28.9 Å². The van der Waals surface area contributed by atoms with Gasteiger partial charge in [-0.3, -0.25) is 0 Å². The molecule has 68 valence electrons. The maximum absolute atomic E-state index is 4.13. The predicted molar refractivity (Wildman–Crippen MR) is 59.0 cm³/mol. The minimum Gasteiger partial charge on any atom is -0.235 e. The van der Waals surface area contributed by atoms with E-state index in [-0.39, 0.29) is 0 Å². The highest BCUT2D eigenvalue weighted by atomic mass is 32.2. The van der Waals surface area contributed by atoms with Crippen molar-refractivity contribution in [3.63, 3.8) is 0 Å². The minimum absolute atomic E-state index is 0.800. The van der Waals surface area contributed by atoms with Gasteiger partial charge >= 0.3 is 0 Å². The van der Waals surface area contributed by atoms with Crippen molar-refractivity contribution in [2.75, 3.05) is 5.08 Å². The lowest BCUT2D eigenvalue weighted by atomic mass is 10.3. The molecule has 1 heterocycles. The van der Waals surface area contributed by atoms with Crippen LogP contribution in [0, 0.1) is 0 Å². The second-order valence-corrected chi connectivity index (χ2v) is 4.24. The Morgan fingerprint density at radius 3 is 3.08 bits per heavy atom. The Morgan fingerprint density at radius 1 is 1.38 bits per heavy atom. The molecule has 0 spiro atoms. The van der Waals surface area contributed by atoms with Crippen LogP contribution in [0.1, 0.15) is 0 Å². The highest BCUT2D eigenvalue weighted by molar-refractivity contribution is 8.08. The number of hydrogen-bond acceptors (Lipinski definition) is 4. The SMILES string of the molecule is SCSCn1nnc2ccccc21. The number of rotatable bonds is 3. The summed E-state index contributed by atoms with van der Waals surface area (Å²) in [6.45, 7) is 0. The van der Waals surface area contributed by atoms with E-state index in [1.165, 1.54) is 0 Å². The quantitative estimate of drug-likeness (QED) is 0.622. The van der Waals surface area contributed by atoms with Crippen LogP contribution in [-0.4, -0.2) is 20.1 Å². The number of thioether (sulfide) groups is 1. The third-order valence-electron chi connectivity index (χ3n) is 1.73. The lowest BCUT2D eigenvalue weighted by Gasteiger charge is -1.98. The van der Waals surface area contributed by atoms with Gasteiger partial charge in [-0.05, 0) is 12.1 Å². The number of nitrogens with zero attached hydrogens (tertiary/aromatic N) is 3. The molecule has 5 heteroatoms. The number of para-hydroxylation sites is 1. The largest absolute Gasteiger partial charge is 0.235 e. The molecule has 0 atom stereocenters. The van der Waals surface area contributed by atoms with Crippen LogP contribution >= 0.6 is 24.4 Å². The maximum atomic E-state index is 4.13. The standard InChI is InChI=1S/C8H9N3S2/c12-6-13-5-11-8-4-2-1-3-7(8)9-10-11/h1-4,12H,5-6H2. The summed E-state index contributed by atoms with van der Waals surface area (Å²) in [5.74, 6) is 0.810. The molecule has 0 aliphatic rings. The first kappa shape index (κ1) is 8.90. The number of hydrogen-bond donors (Lipinski definition) is 1. The summed E-state index contributed by atoms with van der Waals surface area (Å²) < 4.78 is 1.89. The van der Waals surface area contributed by atoms with Gasteiger partial charge in [-0.25, -0.2) is 4.68 Å². The molecular weight excluding hydrogens is 202 g/mol.